The highest BCUT2D eigenvalue weighted by Gasteiger charge is 2.24. The number of ether oxygens (including phenoxy) is 1. The third-order valence-electron chi connectivity index (χ3n) is 4.09. The monoisotopic (exact) mass is 349 g/mol. The van der Waals surface area contributed by atoms with E-state index in [4.69, 9.17) is 16.2 Å². The quantitative estimate of drug-likeness (QED) is 0.608. The molecule has 0 fully saturated rings. The van der Waals surface area contributed by atoms with E-state index in [0.717, 1.165) is 47.2 Å². The predicted octanol–water partition coefficient (Wildman–Crippen LogP) is 2.20. The van der Waals surface area contributed by atoms with Crippen molar-refractivity contribution < 1.29 is 4.74 Å². The van der Waals surface area contributed by atoms with E-state index in [2.05, 4.69) is 15.0 Å². The van der Waals surface area contributed by atoms with Crippen molar-refractivity contribution in [1.82, 2.24) is 15.0 Å². The van der Waals surface area contributed by atoms with Gasteiger partial charge in [0.2, 0.25) is 0 Å². The van der Waals surface area contributed by atoms with Crippen LogP contribution >= 0.6 is 11.8 Å². The highest BCUT2D eigenvalue weighted by molar-refractivity contribution is 7.98. The van der Waals surface area contributed by atoms with Crippen LogP contribution in [-0.4, -0.2) is 40.4 Å². The fraction of sp³-hybridized carbons (Fsp3) is 0.529. The van der Waals surface area contributed by atoms with E-state index in [1.165, 1.54) is 0 Å². The standard InChI is InChI=1S/C17H27N5OS/c1-12-15(22-11-21-12)10-24-9-14(19)13(5-3-7-18)17-16(23-2)6-4-8-20-17/h4,6,8,11,13-14H,3,5,7,9-10,18-19H2,1-2H3,(H,21,22). The number of methoxy groups -OCH3 is 1. The first-order chi connectivity index (χ1) is 11.7. The molecule has 0 saturated carbocycles. The van der Waals surface area contributed by atoms with Crippen LogP contribution in [0.5, 0.6) is 5.75 Å². The van der Waals surface area contributed by atoms with Gasteiger partial charge in [0, 0.05) is 35.4 Å². The maximum atomic E-state index is 6.51. The molecule has 0 aliphatic heterocycles. The van der Waals surface area contributed by atoms with Crippen LogP contribution in [0.25, 0.3) is 0 Å². The number of H-pyrrole nitrogens is 1. The lowest BCUT2D eigenvalue weighted by Gasteiger charge is -2.24. The summed E-state index contributed by atoms with van der Waals surface area (Å²) in [6.07, 6.45) is 5.35. The van der Waals surface area contributed by atoms with Crippen molar-refractivity contribution in [2.75, 3.05) is 19.4 Å². The van der Waals surface area contributed by atoms with Crippen LogP contribution in [0.2, 0.25) is 0 Å². The molecule has 6 nitrogen and oxygen atoms in total. The van der Waals surface area contributed by atoms with Gasteiger partial charge in [-0.25, -0.2) is 4.98 Å². The molecule has 0 bridgehead atoms. The largest absolute Gasteiger partial charge is 0.495 e. The molecule has 132 valence electrons. The normalized spacial score (nSPS) is 13.7. The molecule has 2 heterocycles. The predicted molar refractivity (Wildman–Crippen MR) is 99.3 cm³/mol. The zero-order valence-electron chi connectivity index (χ0n) is 14.4. The zero-order valence-corrected chi connectivity index (χ0v) is 15.2. The van der Waals surface area contributed by atoms with Crippen LogP contribution in [0.3, 0.4) is 0 Å². The molecule has 7 heteroatoms. The molecule has 2 aromatic rings. The van der Waals surface area contributed by atoms with Gasteiger partial charge < -0.3 is 21.2 Å². The molecule has 2 unspecified atom stereocenters. The number of hydrogen-bond acceptors (Lipinski definition) is 6. The van der Waals surface area contributed by atoms with Crippen molar-refractivity contribution in [3.63, 3.8) is 0 Å². The summed E-state index contributed by atoms with van der Waals surface area (Å²) in [6.45, 7) is 2.68. The minimum Gasteiger partial charge on any atom is -0.495 e. The summed E-state index contributed by atoms with van der Waals surface area (Å²) in [4.78, 5) is 12.0. The minimum atomic E-state index is -0.00963. The Hall–Kier alpha value is -1.57. The van der Waals surface area contributed by atoms with Gasteiger partial charge >= 0.3 is 0 Å². The summed E-state index contributed by atoms with van der Waals surface area (Å²) in [5.41, 5.74) is 15.3. The summed E-state index contributed by atoms with van der Waals surface area (Å²) >= 11 is 1.80. The third kappa shape index (κ3) is 4.96. The lowest BCUT2D eigenvalue weighted by atomic mass is 9.91. The molecule has 5 N–H and O–H groups in total. The number of hydrogen-bond donors (Lipinski definition) is 3. The van der Waals surface area contributed by atoms with E-state index in [-0.39, 0.29) is 12.0 Å². The van der Waals surface area contributed by atoms with Crippen LogP contribution < -0.4 is 16.2 Å². The van der Waals surface area contributed by atoms with Gasteiger partial charge in [-0.15, -0.1) is 0 Å². The van der Waals surface area contributed by atoms with E-state index < -0.39 is 0 Å². The van der Waals surface area contributed by atoms with Crippen LogP contribution in [0.15, 0.2) is 24.7 Å². The third-order valence-corrected chi connectivity index (χ3v) is 5.19. The molecule has 2 atom stereocenters. The van der Waals surface area contributed by atoms with Crippen molar-refractivity contribution in [3.8, 4) is 5.75 Å². The Kier molecular flexibility index (Phi) is 7.55. The average Bonchev–Trinajstić information content (AvgIpc) is 3.01. The fourth-order valence-electron chi connectivity index (χ4n) is 2.69. The smallest absolute Gasteiger partial charge is 0.140 e. The molecule has 0 aromatic carbocycles. The first kappa shape index (κ1) is 18.8. The van der Waals surface area contributed by atoms with Crippen LogP contribution in [0.1, 0.15) is 35.8 Å². The molecule has 0 amide bonds. The fourth-order valence-corrected chi connectivity index (χ4v) is 3.79. The highest BCUT2D eigenvalue weighted by atomic mass is 32.2. The van der Waals surface area contributed by atoms with Gasteiger partial charge in [0.05, 0.1) is 24.8 Å². The Labute approximate surface area is 147 Å². The summed E-state index contributed by atoms with van der Waals surface area (Å²) in [7, 11) is 1.67. The summed E-state index contributed by atoms with van der Waals surface area (Å²) in [5.74, 6) is 2.62. The van der Waals surface area contributed by atoms with E-state index in [1.807, 2.05) is 19.1 Å². The number of aromatic amines is 1. The number of aromatic nitrogens is 3. The molecule has 0 spiro atoms. The van der Waals surface area contributed by atoms with Crippen LogP contribution in [0, 0.1) is 6.92 Å². The molecule has 2 rings (SSSR count). The molecule has 0 saturated heterocycles. The lowest BCUT2D eigenvalue weighted by molar-refractivity contribution is 0.392. The maximum Gasteiger partial charge on any atom is 0.140 e. The Morgan fingerprint density at radius 2 is 2.21 bits per heavy atom. The second-order valence-electron chi connectivity index (χ2n) is 5.78. The summed E-state index contributed by atoms with van der Waals surface area (Å²) < 4.78 is 5.47. The number of nitrogens with two attached hydrogens (primary N) is 2. The number of imidazole rings is 1. The Bertz CT molecular complexity index is 619. The van der Waals surface area contributed by atoms with Crippen molar-refractivity contribution in [2.24, 2.45) is 11.5 Å². The second kappa shape index (κ2) is 9.66. The molecular weight excluding hydrogens is 322 g/mol. The molecular formula is C17H27N5OS. The Balaban J connectivity index is 2.02. The van der Waals surface area contributed by atoms with Gasteiger partial charge in [-0.1, -0.05) is 0 Å². The van der Waals surface area contributed by atoms with Gasteiger partial charge in [-0.3, -0.25) is 4.98 Å². The van der Waals surface area contributed by atoms with Gasteiger partial charge in [-0.2, -0.15) is 11.8 Å². The SMILES string of the molecule is COc1cccnc1C(CCCN)C(N)CSCc1nc[nH]c1C. The number of thioether (sulfide) groups is 1. The van der Waals surface area contributed by atoms with Crippen LogP contribution in [-0.2, 0) is 5.75 Å². The summed E-state index contributed by atoms with van der Waals surface area (Å²) in [5, 5.41) is 0. The van der Waals surface area contributed by atoms with Crippen molar-refractivity contribution in [2.45, 2.75) is 37.5 Å². The number of nitrogens with zero attached hydrogens (tertiary/aromatic N) is 2. The highest BCUT2D eigenvalue weighted by Crippen LogP contribution is 2.31. The Morgan fingerprint density at radius 3 is 2.88 bits per heavy atom. The number of rotatable bonds is 10. The topological polar surface area (TPSA) is 103 Å². The first-order valence-corrected chi connectivity index (χ1v) is 9.34. The van der Waals surface area contributed by atoms with Gasteiger partial charge in [0.1, 0.15) is 5.75 Å². The van der Waals surface area contributed by atoms with E-state index in [1.54, 1.807) is 31.4 Å². The lowest BCUT2D eigenvalue weighted by Crippen LogP contribution is -2.32. The van der Waals surface area contributed by atoms with Crippen molar-refractivity contribution in [1.29, 1.82) is 0 Å². The molecule has 2 aromatic heterocycles. The van der Waals surface area contributed by atoms with Crippen molar-refractivity contribution in [3.05, 3.63) is 41.7 Å². The van der Waals surface area contributed by atoms with Crippen LogP contribution in [0.4, 0.5) is 0 Å². The number of pyridine rings is 1. The minimum absolute atomic E-state index is 0.00963. The summed E-state index contributed by atoms with van der Waals surface area (Å²) in [6, 6.07) is 3.80. The Morgan fingerprint density at radius 1 is 1.38 bits per heavy atom. The number of nitrogens with one attached hydrogen (secondary N) is 1. The van der Waals surface area contributed by atoms with Gasteiger partial charge in [0.15, 0.2) is 0 Å². The molecule has 0 aliphatic carbocycles. The second-order valence-corrected chi connectivity index (χ2v) is 6.81. The molecule has 0 aliphatic rings. The molecule has 0 radical (unpaired) electrons. The maximum absolute atomic E-state index is 6.51. The van der Waals surface area contributed by atoms with Gasteiger partial charge in [0.25, 0.3) is 0 Å². The van der Waals surface area contributed by atoms with Crippen molar-refractivity contribution >= 4 is 11.8 Å². The zero-order chi connectivity index (χ0) is 17.4. The van der Waals surface area contributed by atoms with Gasteiger partial charge in [-0.05, 0) is 38.4 Å². The van der Waals surface area contributed by atoms with E-state index in [9.17, 15) is 0 Å². The number of aryl methyl sites for hydroxylation is 1. The van der Waals surface area contributed by atoms with E-state index in [0.29, 0.717) is 6.54 Å². The van der Waals surface area contributed by atoms with E-state index >= 15 is 0 Å². The average molecular weight is 350 g/mol. The molecule has 24 heavy (non-hydrogen) atoms. The first-order valence-electron chi connectivity index (χ1n) is 8.18.